The summed E-state index contributed by atoms with van der Waals surface area (Å²) in [6.45, 7) is 6.40. The van der Waals surface area contributed by atoms with Gasteiger partial charge in [0.15, 0.2) is 0 Å². The first kappa shape index (κ1) is 14.5. The molecule has 0 saturated carbocycles. The summed E-state index contributed by atoms with van der Waals surface area (Å²) in [6.07, 6.45) is 0. The summed E-state index contributed by atoms with van der Waals surface area (Å²) in [4.78, 5) is 17.7. The van der Waals surface area contributed by atoms with E-state index >= 15 is 0 Å². The molecule has 0 aliphatic carbocycles. The minimum absolute atomic E-state index is 0.118. The summed E-state index contributed by atoms with van der Waals surface area (Å²) in [5.41, 5.74) is 4.30. The van der Waals surface area contributed by atoms with E-state index in [1.54, 1.807) is 4.40 Å². The highest BCUT2D eigenvalue weighted by molar-refractivity contribution is 5.97. The van der Waals surface area contributed by atoms with Gasteiger partial charge in [-0.2, -0.15) is 5.26 Å². The lowest BCUT2D eigenvalue weighted by atomic mass is 10.1. The zero-order valence-electron chi connectivity index (χ0n) is 13.8. The van der Waals surface area contributed by atoms with Crippen LogP contribution in [-0.2, 0) is 6.54 Å². The number of rotatable bonds is 1. The number of nitrogens with zero attached hydrogens (tertiary/aromatic N) is 4. The summed E-state index contributed by atoms with van der Waals surface area (Å²) < 4.78 is 3.68. The Morgan fingerprint density at radius 1 is 1.21 bits per heavy atom. The second-order valence-corrected chi connectivity index (χ2v) is 5.96. The van der Waals surface area contributed by atoms with Gasteiger partial charge in [0.05, 0.1) is 22.1 Å². The van der Waals surface area contributed by atoms with Crippen molar-refractivity contribution in [3.05, 3.63) is 57.6 Å². The number of imidazole rings is 1. The van der Waals surface area contributed by atoms with Crippen molar-refractivity contribution >= 4 is 27.5 Å². The number of fused-ring (bicyclic) bond motifs is 4. The van der Waals surface area contributed by atoms with Crippen LogP contribution in [-0.4, -0.2) is 14.0 Å². The van der Waals surface area contributed by atoms with Crippen molar-refractivity contribution in [2.24, 2.45) is 0 Å². The molecule has 5 nitrogen and oxygen atoms in total. The van der Waals surface area contributed by atoms with Gasteiger partial charge in [-0.3, -0.25) is 14.2 Å². The molecule has 0 N–H and O–H groups in total. The molecule has 4 rings (SSSR count). The van der Waals surface area contributed by atoms with Crippen LogP contribution in [0, 0.1) is 25.2 Å². The first-order chi connectivity index (χ1) is 11.6. The number of benzene rings is 1. The van der Waals surface area contributed by atoms with E-state index < -0.39 is 0 Å². The molecule has 1 aromatic carbocycles. The number of aryl methyl sites for hydroxylation is 3. The van der Waals surface area contributed by atoms with E-state index in [-0.39, 0.29) is 5.56 Å². The number of hydrogen-bond acceptors (Lipinski definition) is 3. The Balaban J connectivity index is 2.48. The van der Waals surface area contributed by atoms with Crippen molar-refractivity contribution in [2.45, 2.75) is 27.3 Å². The Bertz CT molecular complexity index is 1240. The van der Waals surface area contributed by atoms with Gasteiger partial charge in [0, 0.05) is 17.6 Å². The standard InChI is InChI=1S/C19H16N4O/c1-4-22-15-7-5-6-8-16(15)23-18(22)14(10-20)13-9-11(2)21-12(3)17(13)19(23)24/h5-9H,4H2,1-3H3. The molecule has 0 atom stereocenters. The van der Waals surface area contributed by atoms with Crippen molar-refractivity contribution in [3.8, 4) is 6.07 Å². The molecule has 0 amide bonds. The summed E-state index contributed by atoms with van der Waals surface area (Å²) in [7, 11) is 0. The second kappa shape index (κ2) is 4.93. The number of nitriles is 1. The lowest BCUT2D eigenvalue weighted by Gasteiger charge is -2.09. The van der Waals surface area contributed by atoms with Crippen LogP contribution in [0.25, 0.3) is 27.5 Å². The smallest absolute Gasteiger partial charge is 0.266 e. The molecule has 0 unspecified atom stereocenters. The number of aromatic nitrogens is 3. The molecule has 0 bridgehead atoms. The molecule has 0 spiro atoms. The zero-order chi connectivity index (χ0) is 17.0. The molecule has 0 radical (unpaired) electrons. The Morgan fingerprint density at radius 3 is 2.58 bits per heavy atom. The predicted octanol–water partition coefficient (Wildman–Crippen LogP) is 3.31. The molecule has 0 aliphatic heterocycles. The van der Waals surface area contributed by atoms with E-state index in [0.29, 0.717) is 34.2 Å². The van der Waals surface area contributed by atoms with Crippen LogP contribution >= 0.6 is 0 Å². The van der Waals surface area contributed by atoms with E-state index in [1.165, 1.54) is 0 Å². The predicted molar refractivity (Wildman–Crippen MR) is 94.3 cm³/mol. The van der Waals surface area contributed by atoms with Gasteiger partial charge in [-0.25, -0.2) is 0 Å². The Kier molecular flexibility index (Phi) is 2.97. The van der Waals surface area contributed by atoms with Gasteiger partial charge in [-0.1, -0.05) is 12.1 Å². The number of hydrogen-bond donors (Lipinski definition) is 0. The second-order valence-electron chi connectivity index (χ2n) is 5.96. The van der Waals surface area contributed by atoms with E-state index in [9.17, 15) is 10.1 Å². The Morgan fingerprint density at radius 2 is 1.92 bits per heavy atom. The molecule has 3 aromatic heterocycles. The molecule has 5 heteroatoms. The quantitative estimate of drug-likeness (QED) is 0.541. The van der Waals surface area contributed by atoms with Gasteiger partial charge in [0.25, 0.3) is 5.56 Å². The third-order valence-corrected chi connectivity index (χ3v) is 4.55. The largest absolute Gasteiger partial charge is 0.325 e. The first-order valence-electron chi connectivity index (χ1n) is 7.92. The average molecular weight is 316 g/mol. The molecule has 0 fully saturated rings. The summed E-state index contributed by atoms with van der Waals surface area (Å²) in [5.74, 6) is 0. The van der Waals surface area contributed by atoms with E-state index in [1.807, 2.05) is 55.7 Å². The summed E-state index contributed by atoms with van der Waals surface area (Å²) in [6, 6.07) is 11.9. The molecular formula is C19H16N4O. The van der Waals surface area contributed by atoms with Crippen molar-refractivity contribution in [1.29, 1.82) is 5.26 Å². The van der Waals surface area contributed by atoms with E-state index in [2.05, 4.69) is 11.1 Å². The van der Waals surface area contributed by atoms with Crippen molar-refractivity contribution in [3.63, 3.8) is 0 Å². The average Bonchev–Trinajstić information content (AvgIpc) is 2.89. The number of pyridine rings is 2. The maximum atomic E-state index is 13.2. The third kappa shape index (κ3) is 1.68. The fourth-order valence-corrected chi connectivity index (χ4v) is 3.64. The van der Waals surface area contributed by atoms with Crippen molar-refractivity contribution < 1.29 is 0 Å². The molecule has 4 aromatic rings. The lowest BCUT2D eigenvalue weighted by Crippen LogP contribution is -2.17. The highest BCUT2D eigenvalue weighted by Crippen LogP contribution is 2.27. The molecule has 118 valence electrons. The van der Waals surface area contributed by atoms with E-state index in [4.69, 9.17) is 0 Å². The molecule has 24 heavy (non-hydrogen) atoms. The van der Waals surface area contributed by atoms with Gasteiger partial charge in [0.2, 0.25) is 0 Å². The third-order valence-electron chi connectivity index (χ3n) is 4.55. The maximum Gasteiger partial charge on any atom is 0.266 e. The number of para-hydroxylation sites is 2. The molecule has 0 saturated heterocycles. The SMILES string of the molecule is CCn1c2ccccc2n2c(=O)c3c(C)nc(C)cc3c(C#N)c12. The monoisotopic (exact) mass is 316 g/mol. The van der Waals surface area contributed by atoms with Gasteiger partial charge < -0.3 is 4.57 Å². The Labute approximate surface area is 138 Å². The van der Waals surface area contributed by atoms with Gasteiger partial charge >= 0.3 is 0 Å². The maximum absolute atomic E-state index is 13.2. The lowest BCUT2D eigenvalue weighted by molar-refractivity contribution is 0.813. The van der Waals surface area contributed by atoms with Crippen LogP contribution in [0.15, 0.2) is 35.1 Å². The topological polar surface area (TPSA) is 63.1 Å². The van der Waals surface area contributed by atoms with Crippen LogP contribution in [0.2, 0.25) is 0 Å². The van der Waals surface area contributed by atoms with Gasteiger partial charge in [-0.15, -0.1) is 0 Å². The molecule has 0 aliphatic rings. The van der Waals surface area contributed by atoms with Crippen LogP contribution in [0.3, 0.4) is 0 Å². The van der Waals surface area contributed by atoms with Crippen LogP contribution in [0.1, 0.15) is 23.9 Å². The molecular weight excluding hydrogens is 300 g/mol. The van der Waals surface area contributed by atoms with Crippen LogP contribution in [0.4, 0.5) is 0 Å². The first-order valence-corrected chi connectivity index (χ1v) is 7.92. The van der Waals surface area contributed by atoms with Gasteiger partial charge in [0.1, 0.15) is 17.3 Å². The highest BCUT2D eigenvalue weighted by Gasteiger charge is 2.20. The molecule has 3 heterocycles. The Hall–Kier alpha value is -3.13. The fourth-order valence-electron chi connectivity index (χ4n) is 3.64. The minimum atomic E-state index is -0.118. The zero-order valence-corrected chi connectivity index (χ0v) is 13.8. The fraction of sp³-hybridized carbons (Fsp3) is 0.211. The summed E-state index contributed by atoms with van der Waals surface area (Å²) in [5, 5.41) is 11.1. The van der Waals surface area contributed by atoms with Crippen LogP contribution < -0.4 is 5.56 Å². The summed E-state index contributed by atoms with van der Waals surface area (Å²) >= 11 is 0. The minimum Gasteiger partial charge on any atom is -0.325 e. The van der Waals surface area contributed by atoms with Crippen LogP contribution in [0.5, 0.6) is 0 Å². The van der Waals surface area contributed by atoms with Crippen molar-refractivity contribution in [2.75, 3.05) is 0 Å². The van der Waals surface area contributed by atoms with Gasteiger partial charge in [-0.05, 0) is 39.0 Å². The normalized spacial score (nSPS) is 11.4. The van der Waals surface area contributed by atoms with Crippen molar-refractivity contribution in [1.82, 2.24) is 14.0 Å². The highest BCUT2D eigenvalue weighted by atomic mass is 16.1. The van der Waals surface area contributed by atoms with E-state index in [0.717, 1.165) is 16.7 Å².